The van der Waals surface area contributed by atoms with Crippen LogP contribution in [0.4, 0.5) is 4.79 Å². The van der Waals surface area contributed by atoms with Gasteiger partial charge in [0.2, 0.25) is 0 Å². The van der Waals surface area contributed by atoms with Gasteiger partial charge in [0, 0.05) is 0 Å². The topological polar surface area (TPSA) is 95.9 Å². The lowest BCUT2D eigenvalue weighted by Gasteiger charge is -2.31. The van der Waals surface area contributed by atoms with Crippen LogP contribution in [0.5, 0.6) is 0 Å². The molecular formula is C13H23NO5. The molecule has 6 heteroatoms. The van der Waals surface area contributed by atoms with Crippen LogP contribution in [0.2, 0.25) is 0 Å². The number of aliphatic hydroxyl groups is 1. The fraction of sp³-hybridized carbons (Fsp3) is 0.846. The number of carboxylic acids is 1. The molecule has 1 aliphatic rings. The molecule has 1 unspecified atom stereocenters. The second-order valence-electron chi connectivity index (χ2n) is 6.07. The SMILES string of the molecule is CC(C)(C)OC(=O)N[C@H](CC1CCC1)C(O)C(=O)O. The van der Waals surface area contributed by atoms with Crippen molar-refractivity contribution in [2.24, 2.45) is 5.92 Å². The number of carbonyl (C=O) groups is 2. The Morgan fingerprint density at radius 1 is 1.37 bits per heavy atom. The van der Waals surface area contributed by atoms with Crippen molar-refractivity contribution in [3.63, 3.8) is 0 Å². The van der Waals surface area contributed by atoms with E-state index in [0.717, 1.165) is 19.3 Å². The van der Waals surface area contributed by atoms with E-state index >= 15 is 0 Å². The molecule has 1 amide bonds. The fourth-order valence-electron chi connectivity index (χ4n) is 1.99. The van der Waals surface area contributed by atoms with E-state index in [1.807, 2.05) is 0 Å². The number of amides is 1. The Labute approximate surface area is 113 Å². The third-order valence-corrected chi connectivity index (χ3v) is 3.15. The van der Waals surface area contributed by atoms with Crippen LogP contribution in [0.1, 0.15) is 46.5 Å². The van der Waals surface area contributed by atoms with Gasteiger partial charge in [0.1, 0.15) is 5.60 Å². The van der Waals surface area contributed by atoms with Gasteiger partial charge in [-0.25, -0.2) is 9.59 Å². The van der Waals surface area contributed by atoms with Crippen LogP contribution in [0, 0.1) is 5.92 Å². The van der Waals surface area contributed by atoms with Crippen molar-refractivity contribution >= 4 is 12.1 Å². The normalized spacial score (nSPS) is 19.2. The van der Waals surface area contributed by atoms with Crippen molar-refractivity contribution in [3.8, 4) is 0 Å². The molecule has 0 aromatic carbocycles. The zero-order valence-corrected chi connectivity index (χ0v) is 11.7. The highest BCUT2D eigenvalue weighted by Crippen LogP contribution is 2.31. The van der Waals surface area contributed by atoms with E-state index in [0.29, 0.717) is 12.3 Å². The molecule has 1 saturated carbocycles. The summed E-state index contributed by atoms with van der Waals surface area (Å²) >= 11 is 0. The molecular weight excluding hydrogens is 250 g/mol. The number of hydrogen-bond acceptors (Lipinski definition) is 4. The number of aliphatic hydroxyl groups excluding tert-OH is 1. The molecule has 0 saturated heterocycles. The summed E-state index contributed by atoms with van der Waals surface area (Å²) in [5.74, 6) is -0.964. The van der Waals surface area contributed by atoms with Gasteiger partial charge >= 0.3 is 12.1 Å². The Bertz CT molecular complexity index is 332. The van der Waals surface area contributed by atoms with E-state index < -0.39 is 29.8 Å². The lowest BCUT2D eigenvalue weighted by molar-refractivity contribution is -0.148. The van der Waals surface area contributed by atoms with E-state index in [-0.39, 0.29) is 0 Å². The first-order chi connectivity index (χ1) is 8.69. The molecule has 3 N–H and O–H groups in total. The molecule has 1 rings (SSSR count). The average Bonchev–Trinajstić information content (AvgIpc) is 2.17. The van der Waals surface area contributed by atoms with E-state index in [1.165, 1.54) is 0 Å². The van der Waals surface area contributed by atoms with Gasteiger partial charge in [0.25, 0.3) is 0 Å². The third kappa shape index (κ3) is 5.46. The van der Waals surface area contributed by atoms with Gasteiger partial charge in [-0.1, -0.05) is 19.3 Å². The predicted molar refractivity (Wildman–Crippen MR) is 68.8 cm³/mol. The summed E-state index contributed by atoms with van der Waals surface area (Å²) in [5.41, 5.74) is -0.653. The van der Waals surface area contributed by atoms with Gasteiger partial charge in [-0.15, -0.1) is 0 Å². The summed E-state index contributed by atoms with van der Waals surface area (Å²) in [4.78, 5) is 22.5. The fourth-order valence-corrected chi connectivity index (χ4v) is 1.99. The van der Waals surface area contributed by atoms with Crippen molar-refractivity contribution in [1.82, 2.24) is 5.32 Å². The molecule has 1 fully saturated rings. The van der Waals surface area contributed by atoms with Crippen LogP contribution in [-0.2, 0) is 9.53 Å². The Kier molecular flexibility index (Phi) is 5.17. The quantitative estimate of drug-likeness (QED) is 0.705. The van der Waals surface area contributed by atoms with E-state index in [1.54, 1.807) is 20.8 Å². The van der Waals surface area contributed by atoms with Gasteiger partial charge in [-0.2, -0.15) is 0 Å². The minimum absolute atomic E-state index is 0.369. The summed E-state index contributed by atoms with van der Waals surface area (Å²) in [7, 11) is 0. The molecule has 6 nitrogen and oxygen atoms in total. The van der Waals surface area contributed by atoms with Crippen LogP contribution in [-0.4, -0.2) is 40.0 Å². The average molecular weight is 273 g/mol. The van der Waals surface area contributed by atoms with Crippen LogP contribution in [0.3, 0.4) is 0 Å². The number of carbonyl (C=O) groups excluding carboxylic acids is 1. The lowest BCUT2D eigenvalue weighted by Crippen LogP contribution is -2.49. The highest BCUT2D eigenvalue weighted by atomic mass is 16.6. The minimum Gasteiger partial charge on any atom is -0.479 e. The summed E-state index contributed by atoms with van der Waals surface area (Å²) in [6.45, 7) is 5.17. The van der Waals surface area contributed by atoms with Crippen LogP contribution in [0.15, 0.2) is 0 Å². The van der Waals surface area contributed by atoms with Crippen molar-refractivity contribution in [1.29, 1.82) is 0 Å². The molecule has 0 heterocycles. The maximum atomic E-state index is 11.6. The van der Waals surface area contributed by atoms with Crippen molar-refractivity contribution < 1.29 is 24.5 Å². The largest absolute Gasteiger partial charge is 0.479 e. The smallest absolute Gasteiger partial charge is 0.407 e. The zero-order valence-electron chi connectivity index (χ0n) is 11.7. The Hall–Kier alpha value is -1.30. The predicted octanol–water partition coefficient (Wildman–Crippen LogP) is 1.52. The number of hydrogen-bond donors (Lipinski definition) is 3. The van der Waals surface area contributed by atoms with Crippen molar-refractivity contribution in [3.05, 3.63) is 0 Å². The molecule has 0 bridgehead atoms. The number of aliphatic carboxylic acids is 1. The van der Waals surface area contributed by atoms with E-state index in [2.05, 4.69) is 5.32 Å². The number of rotatable bonds is 5. The van der Waals surface area contributed by atoms with E-state index in [9.17, 15) is 14.7 Å². The minimum atomic E-state index is -1.60. The summed E-state index contributed by atoms with van der Waals surface area (Å²) in [5, 5.41) is 21.0. The lowest BCUT2D eigenvalue weighted by atomic mass is 9.80. The second-order valence-corrected chi connectivity index (χ2v) is 6.07. The van der Waals surface area contributed by atoms with Gasteiger partial charge in [-0.3, -0.25) is 0 Å². The van der Waals surface area contributed by atoms with Gasteiger partial charge in [-0.05, 0) is 33.1 Å². The van der Waals surface area contributed by atoms with Gasteiger partial charge in [0.15, 0.2) is 6.10 Å². The molecule has 0 aromatic rings. The molecule has 0 spiro atoms. The van der Waals surface area contributed by atoms with Crippen molar-refractivity contribution in [2.45, 2.75) is 64.2 Å². The summed E-state index contributed by atoms with van der Waals surface area (Å²) in [6, 6.07) is -0.808. The van der Waals surface area contributed by atoms with Crippen molar-refractivity contribution in [2.75, 3.05) is 0 Å². The molecule has 2 atom stereocenters. The molecule has 0 aliphatic heterocycles. The van der Waals surface area contributed by atoms with Gasteiger partial charge < -0.3 is 20.3 Å². The monoisotopic (exact) mass is 273 g/mol. The molecule has 19 heavy (non-hydrogen) atoms. The Morgan fingerprint density at radius 3 is 2.32 bits per heavy atom. The summed E-state index contributed by atoms with van der Waals surface area (Å²) in [6.07, 6.45) is 1.31. The van der Waals surface area contributed by atoms with E-state index in [4.69, 9.17) is 9.84 Å². The first-order valence-electron chi connectivity index (χ1n) is 6.59. The number of alkyl carbamates (subject to hydrolysis) is 1. The van der Waals surface area contributed by atoms with Gasteiger partial charge in [0.05, 0.1) is 6.04 Å². The second kappa shape index (κ2) is 6.23. The zero-order chi connectivity index (χ0) is 14.6. The first-order valence-corrected chi connectivity index (χ1v) is 6.59. The highest BCUT2D eigenvalue weighted by molar-refractivity contribution is 5.75. The van der Waals surface area contributed by atoms with Crippen LogP contribution in [0.25, 0.3) is 0 Å². The molecule has 110 valence electrons. The standard InChI is InChI=1S/C13H23NO5/c1-13(2,3)19-12(18)14-9(10(15)11(16)17)7-8-5-4-6-8/h8-10,15H,4-7H2,1-3H3,(H,14,18)(H,16,17)/t9-,10?/m1/s1. The highest BCUT2D eigenvalue weighted by Gasteiger charge is 2.32. The molecule has 1 aliphatic carbocycles. The summed E-state index contributed by atoms with van der Waals surface area (Å²) < 4.78 is 5.08. The van der Waals surface area contributed by atoms with Crippen LogP contribution < -0.4 is 5.32 Å². The molecule has 0 aromatic heterocycles. The number of carboxylic acid groups (broad SMARTS) is 1. The third-order valence-electron chi connectivity index (χ3n) is 3.15. The first kappa shape index (κ1) is 15.8. The molecule has 0 radical (unpaired) electrons. The number of nitrogens with one attached hydrogen (secondary N) is 1. The van der Waals surface area contributed by atoms with Crippen LogP contribution >= 0.6 is 0 Å². The Balaban J connectivity index is 2.57. The number of ether oxygens (including phenoxy) is 1. The Morgan fingerprint density at radius 2 is 1.95 bits per heavy atom. The maximum Gasteiger partial charge on any atom is 0.407 e. The maximum absolute atomic E-state index is 11.6.